The molecule has 0 aliphatic carbocycles. The van der Waals surface area contributed by atoms with Gasteiger partial charge in [0, 0.05) is 38.6 Å². The maximum atomic E-state index is 8.95. The van der Waals surface area contributed by atoms with Crippen molar-refractivity contribution in [2.45, 2.75) is 6.54 Å². The van der Waals surface area contributed by atoms with E-state index >= 15 is 0 Å². The lowest BCUT2D eigenvalue weighted by atomic mass is 10.4. The highest BCUT2D eigenvalue weighted by molar-refractivity contribution is 5.49. The summed E-state index contributed by atoms with van der Waals surface area (Å²) < 4.78 is 0. The highest BCUT2D eigenvalue weighted by Gasteiger charge is 2.08. The fourth-order valence-electron chi connectivity index (χ4n) is 1.82. The molecule has 0 unspecified atom stereocenters. The third-order valence-electron chi connectivity index (χ3n) is 2.93. The Labute approximate surface area is 112 Å². The molecule has 2 aromatic rings. The zero-order valence-corrected chi connectivity index (χ0v) is 11.2. The van der Waals surface area contributed by atoms with E-state index in [9.17, 15) is 0 Å². The number of aromatic amines is 1. The van der Waals surface area contributed by atoms with Gasteiger partial charge in [-0.3, -0.25) is 0 Å². The Kier molecular flexibility index (Phi) is 4.35. The third-order valence-corrected chi connectivity index (χ3v) is 2.93. The van der Waals surface area contributed by atoms with E-state index in [0.717, 1.165) is 23.9 Å². The summed E-state index contributed by atoms with van der Waals surface area (Å²) in [6.07, 6.45) is 3.45. The standard InChI is InChI=1S/C13H19N5O/c1-17(6-7-19)12-8-13(16-10-15-12)18(2)9-11-4-3-5-14-11/h3-5,8,10,14,19H,6-7,9H2,1-2H3. The van der Waals surface area contributed by atoms with Crippen LogP contribution in [0.2, 0.25) is 0 Å². The molecule has 2 heterocycles. The molecule has 102 valence electrons. The first-order valence-corrected chi connectivity index (χ1v) is 6.18. The SMILES string of the molecule is CN(CCO)c1cc(N(C)Cc2ccc[nH]2)ncn1. The molecule has 0 aromatic carbocycles. The lowest BCUT2D eigenvalue weighted by Crippen LogP contribution is -2.23. The van der Waals surface area contributed by atoms with Crippen molar-refractivity contribution in [3.05, 3.63) is 36.4 Å². The molecule has 0 saturated carbocycles. The summed E-state index contributed by atoms with van der Waals surface area (Å²) in [5, 5.41) is 8.95. The number of rotatable bonds is 6. The molecule has 0 bridgehead atoms. The maximum absolute atomic E-state index is 8.95. The number of aromatic nitrogens is 3. The molecule has 2 rings (SSSR count). The fourth-order valence-corrected chi connectivity index (χ4v) is 1.82. The molecule has 0 atom stereocenters. The number of hydrogen-bond acceptors (Lipinski definition) is 5. The van der Waals surface area contributed by atoms with Crippen molar-refractivity contribution in [2.24, 2.45) is 0 Å². The van der Waals surface area contributed by atoms with Crippen LogP contribution in [0.3, 0.4) is 0 Å². The second-order valence-electron chi connectivity index (χ2n) is 4.43. The van der Waals surface area contributed by atoms with Gasteiger partial charge in [0.25, 0.3) is 0 Å². The largest absolute Gasteiger partial charge is 0.395 e. The van der Waals surface area contributed by atoms with E-state index in [1.54, 1.807) is 6.33 Å². The molecule has 0 spiro atoms. The first-order valence-electron chi connectivity index (χ1n) is 6.18. The Morgan fingerprint density at radius 2 is 1.95 bits per heavy atom. The quantitative estimate of drug-likeness (QED) is 0.807. The molecule has 6 nitrogen and oxygen atoms in total. The van der Waals surface area contributed by atoms with Crippen LogP contribution in [0.4, 0.5) is 11.6 Å². The van der Waals surface area contributed by atoms with Crippen molar-refractivity contribution in [2.75, 3.05) is 37.0 Å². The van der Waals surface area contributed by atoms with Gasteiger partial charge in [0.15, 0.2) is 0 Å². The van der Waals surface area contributed by atoms with Crippen molar-refractivity contribution in [1.82, 2.24) is 15.0 Å². The highest BCUT2D eigenvalue weighted by atomic mass is 16.3. The summed E-state index contributed by atoms with van der Waals surface area (Å²) in [6.45, 7) is 1.41. The van der Waals surface area contributed by atoms with Gasteiger partial charge in [0.2, 0.25) is 0 Å². The number of anilines is 2. The van der Waals surface area contributed by atoms with E-state index in [-0.39, 0.29) is 6.61 Å². The van der Waals surface area contributed by atoms with Gasteiger partial charge in [0.05, 0.1) is 13.2 Å². The molecule has 0 amide bonds. The van der Waals surface area contributed by atoms with Crippen molar-refractivity contribution in [3.8, 4) is 0 Å². The summed E-state index contributed by atoms with van der Waals surface area (Å²) >= 11 is 0. The van der Waals surface area contributed by atoms with Gasteiger partial charge in [-0.1, -0.05) is 0 Å². The van der Waals surface area contributed by atoms with Crippen LogP contribution >= 0.6 is 0 Å². The minimum absolute atomic E-state index is 0.105. The summed E-state index contributed by atoms with van der Waals surface area (Å²) in [7, 11) is 3.88. The zero-order chi connectivity index (χ0) is 13.7. The molecule has 0 fully saturated rings. The molecular weight excluding hydrogens is 242 g/mol. The van der Waals surface area contributed by atoms with Gasteiger partial charge >= 0.3 is 0 Å². The number of H-pyrrole nitrogens is 1. The normalized spacial score (nSPS) is 10.5. The monoisotopic (exact) mass is 261 g/mol. The number of nitrogens with one attached hydrogen (secondary N) is 1. The van der Waals surface area contributed by atoms with Crippen molar-refractivity contribution < 1.29 is 5.11 Å². The lowest BCUT2D eigenvalue weighted by Gasteiger charge is -2.21. The smallest absolute Gasteiger partial charge is 0.134 e. The Bertz CT molecular complexity index is 499. The third kappa shape index (κ3) is 3.45. The zero-order valence-electron chi connectivity index (χ0n) is 11.2. The summed E-state index contributed by atoms with van der Waals surface area (Å²) in [5.74, 6) is 1.65. The summed E-state index contributed by atoms with van der Waals surface area (Å²) in [5.41, 5.74) is 1.13. The molecule has 2 N–H and O–H groups in total. The maximum Gasteiger partial charge on any atom is 0.134 e. The van der Waals surface area contributed by atoms with Gasteiger partial charge < -0.3 is 19.9 Å². The Morgan fingerprint density at radius 3 is 2.58 bits per heavy atom. The van der Waals surface area contributed by atoms with Crippen molar-refractivity contribution >= 4 is 11.6 Å². The van der Waals surface area contributed by atoms with Crippen LogP contribution in [0.1, 0.15) is 5.69 Å². The van der Waals surface area contributed by atoms with E-state index in [1.807, 2.05) is 48.3 Å². The Morgan fingerprint density at radius 1 is 1.21 bits per heavy atom. The van der Waals surface area contributed by atoms with Gasteiger partial charge in [-0.05, 0) is 12.1 Å². The number of aliphatic hydroxyl groups is 1. The molecule has 6 heteroatoms. The van der Waals surface area contributed by atoms with Crippen molar-refractivity contribution in [1.29, 1.82) is 0 Å². The van der Waals surface area contributed by atoms with Crippen LogP contribution < -0.4 is 9.80 Å². The number of hydrogen-bond donors (Lipinski definition) is 2. The number of likely N-dealkylation sites (N-methyl/N-ethyl adjacent to an activating group) is 1. The summed E-state index contributed by atoms with van der Waals surface area (Å²) in [6, 6.07) is 5.93. The first kappa shape index (κ1) is 13.4. The average molecular weight is 261 g/mol. The van der Waals surface area contributed by atoms with E-state index in [2.05, 4.69) is 15.0 Å². The molecule has 0 aliphatic rings. The van der Waals surface area contributed by atoms with E-state index in [0.29, 0.717) is 6.54 Å². The van der Waals surface area contributed by atoms with Crippen LogP contribution in [-0.4, -0.2) is 47.3 Å². The second kappa shape index (κ2) is 6.19. The van der Waals surface area contributed by atoms with Gasteiger partial charge in [0.1, 0.15) is 18.0 Å². The minimum Gasteiger partial charge on any atom is -0.395 e. The Balaban J connectivity index is 2.09. The molecule has 0 aliphatic heterocycles. The van der Waals surface area contributed by atoms with Gasteiger partial charge in [-0.25, -0.2) is 9.97 Å². The second-order valence-corrected chi connectivity index (χ2v) is 4.43. The first-order chi connectivity index (χ1) is 9.20. The molecular formula is C13H19N5O. The molecule has 0 radical (unpaired) electrons. The van der Waals surface area contributed by atoms with Crippen LogP contribution in [0.5, 0.6) is 0 Å². The van der Waals surface area contributed by atoms with Crippen LogP contribution in [0, 0.1) is 0 Å². The minimum atomic E-state index is 0.105. The van der Waals surface area contributed by atoms with E-state index < -0.39 is 0 Å². The topological polar surface area (TPSA) is 68.3 Å². The van der Waals surface area contributed by atoms with E-state index in [4.69, 9.17) is 5.11 Å². The number of aliphatic hydroxyl groups excluding tert-OH is 1. The fraction of sp³-hybridized carbons (Fsp3) is 0.385. The predicted molar refractivity (Wildman–Crippen MR) is 75.3 cm³/mol. The van der Waals surface area contributed by atoms with Crippen LogP contribution in [0.15, 0.2) is 30.7 Å². The van der Waals surface area contributed by atoms with Crippen LogP contribution in [-0.2, 0) is 6.54 Å². The molecule has 19 heavy (non-hydrogen) atoms. The van der Waals surface area contributed by atoms with Crippen molar-refractivity contribution in [3.63, 3.8) is 0 Å². The Hall–Kier alpha value is -2.08. The lowest BCUT2D eigenvalue weighted by molar-refractivity contribution is 0.304. The number of nitrogens with zero attached hydrogens (tertiary/aromatic N) is 4. The van der Waals surface area contributed by atoms with Gasteiger partial charge in [-0.15, -0.1) is 0 Å². The molecule has 2 aromatic heterocycles. The van der Waals surface area contributed by atoms with E-state index in [1.165, 1.54) is 0 Å². The average Bonchev–Trinajstić information content (AvgIpc) is 2.92. The predicted octanol–water partition coefficient (Wildman–Crippen LogP) is 0.870. The summed E-state index contributed by atoms with van der Waals surface area (Å²) in [4.78, 5) is 15.6. The highest BCUT2D eigenvalue weighted by Crippen LogP contribution is 2.16. The van der Waals surface area contributed by atoms with Crippen LogP contribution in [0.25, 0.3) is 0 Å². The molecule has 0 saturated heterocycles. The van der Waals surface area contributed by atoms with Gasteiger partial charge in [-0.2, -0.15) is 0 Å².